The molecule has 1 aliphatic rings. The average Bonchev–Trinajstić information content (AvgIpc) is 3.09. The molecule has 0 spiro atoms. The zero-order chi connectivity index (χ0) is 10.7. The third-order valence-corrected chi connectivity index (χ3v) is 2.29. The van der Waals surface area contributed by atoms with Crippen molar-refractivity contribution < 1.29 is 9.94 Å². The van der Waals surface area contributed by atoms with Crippen LogP contribution in [0.1, 0.15) is 18.5 Å². The highest BCUT2D eigenvalue weighted by Gasteiger charge is 2.22. The van der Waals surface area contributed by atoms with E-state index in [1.54, 1.807) is 18.3 Å². The van der Waals surface area contributed by atoms with Crippen LogP contribution in [0.4, 0.5) is 0 Å². The molecule has 3 N–H and O–H groups in total. The van der Waals surface area contributed by atoms with Crippen molar-refractivity contribution >= 4 is 5.84 Å². The van der Waals surface area contributed by atoms with E-state index in [-0.39, 0.29) is 5.84 Å². The van der Waals surface area contributed by atoms with Crippen molar-refractivity contribution in [2.75, 3.05) is 6.61 Å². The van der Waals surface area contributed by atoms with Crippen LogP contribution in [0.3, 0.4) is 0 Å². The number of hydrogen-bond donors (Lipinski definition) is 2. The summed E-state index contributed by atoms with van der Waals surface area (Å²) in [7, 11) is 0. The molecule has 0 atom stereocenters. The highest BCUT2D eigenvalue weighted by atomic mass is 16.5. The van der Waals surface area contributed by atoms with Gasteiger partial charge in [0.2, 0.25) is 0 Å². The average molecular weight is 207 g/mol. The second-order valence-electron chi connectivity index (χ2n) is 3.59. The van der Waals surface area contributed by atoms with Crippen LogP contribution in [0.2, 0.25) is 0 Å². The minimum absolute atomic E-state index is 0.0265. The molecule has 0 radical (unpaired) electrons. The summed E-state index contributed by atoms with van der Waals surface area (Å²) in [6.45, 7) is 0.678. The maximum Gasteiger partial charge on any atom is 0.192 e. The molecule has 1 aromatic heterocycles. The van der Waals surface area contributed by atoms with E-state index in [1.165, 1.54) is 12.8 Å². The smallest absolute Gasteiger partial charge is 0.192 e. The summed E-state index contributed by atoms with van der Waals surface area (Å²) in [4.78, 5) is 4.01. The molecule has 0 aromatic carbocycles. The van der Waals surface area contributed by atoms with Crippen LogP contribution in [-0.4, -0.2) is 22.6 Å². The minimum Gasteiger partial charge on any atom is -0.491 e. The Kier molecular flexibility index (Phi) is 2.71. The number of oxime groups is 1. The zero-order valence-electron chi connectivity index (χ0n) is 8.26. The Hall–Kier alpha value is -1.78. The van der Waals surface area contributed by atoms with Crippen LogP contribution in [0.25, 0.3) is 0 Å². The van der Waals surface area contributed by atoms with Gasteiger partial charge >= 0.3 is 0 Å². The number of aromatic nitrogens is 1. The minimum atomic E-state index is -0.0265. The quantitative estimate of drug-likeness (QED) is 0.333. The molecule has 5 nitrogen and oxygen atoms in total. The third kappa shape index (κ3) is 2.37. The second-order valence-corrected chi connectivity index (χ2v) is 3.59. The van der Waals surface area contributed by atoms with E-state index in [2.05, 4.69) is 10.1 Å². The van der Waals surface area contributed by atoms with Gasteiger partial charge in [-0.2, -0.15) is 0 Å². The number of ether oxygens (including phenoxy) is 1. The molecule has 0 unspecified atom stereocenters. The molecule has 1 fully saturated rings. The van der Waals surface area contributed by atoms with Crippen LogP contribution >= 0.6 is 0 Å². The van der Waals surface area contributed by atoms with Gasteiger partial charge < -0.3 is 15.7 Å². The number of nitrogens with two attached hydrogens (primary N) is 1. The lowest BCUT2D eigenvalue weighted by Gasteiger charge is -2.08. The van der Waals surface area contributed by atoms with Crippen LogP contribution in [-0.2, 0) is 0 Å². The highest BCUT2D eigenvalue weighted by molar-refractivity contribution is 5.97. The molecular weight excluding hydrogens is 194 g/mol. The maximum absolute atomic E-state index is 8.57. The first-order chi connectivity index (χ1) is 7.31. The summed E-state index contributed by atoms with van der Waals surface area (Å²) < 4.78 is 5.55. The first-order valence-electron chi connectivity index (χ1n) is 4.87. The van der Waals surface area contributed by atoms with Crippen LogP contribution in [0.5, 0.6) is 5.75 Å². The van der Waals surface area contributed by atoms with Crippen LogP contribution in [0, 0.1) is 5.92 Å². The van der Waals surface area contributed by atoms with E-state index in [1.807, 2.05) is 0 Å². The predicted octanol–water partition coefficient (Wildman–Crippen LogP) is 0.965. The van der Waals surface area contributed by atoms with Crippen molar-refractivity contribution in [3.63, 3.8) is 0 Å². The number of pyridine rings is 1. The maximum atomic E-state index is 8.57. The molecule has 15 heavy (non-hydrogen) atoms. The van der Waals surface area contributed by atoms with Gasteiger partial charge in [0.25, 0.3) is 0 Å². The Morgan fingerprint density at radius 1 is 1.67 bits per heavy atom. The molecule has 2 rings (SSSR count). The Labute approximate surface area is 87.6 Å². The molecule has 0 bridgehead atoms. The Balaban J connectivity index is 2.12. The second kappa shape index (κ2) is 4.16. The summed E-state index contributed by atoms with van der Waals surface area (Å²) in [5.74, 6) is 1.20. The lowest BCUT2D eigenvalue weighted by molar-refractivity contribution is 0.296. The van der Waals surface area contributed by atoms with Gasteiger partial charge in [0, 0.05) is 6.20 Å². The van der Waals surface area contributed by atoms with Gasteiger partial charge in [-0.25, -0.2) is 4.98 Å². The van der Waals surface area contributed by atoms with Crippen molar-refractivity contribution in [2.45, 2.75) is 12.8 Å². The highest BCUT2D eigenvalue weighted by Crippen LogP contribution is 2.29. The lowest BCUT2D eigenvalue weighted by Crippen LogP contribution is -2.17. The molecule has 1 aliphatic carbocycles. The monoisotopic (exact) mass is 207 g/mol. The first kappa shape index (κ1) is 9.76. The van der Waals surface area contributed by atoms with Gasteiger partial charge in [-0.1, -0.05) is 5.16 Å². The van der Waals surface area contributed by atoms with Crippen molar-refractivity contribution in [1.82, 2.24) is 4.98 Å². The zero-order valence-corrected chi connectivity index (χ0v) is 8.26. The fourth-order valence-electron chi connectivity index (χ4n) is 1.24. The molecule has 0 amide bonds. The number of amidine groups is 1. The van der Waals surface area contributed by atoms with E-state index in [4.69, 9.17) is 15.7 Å². The van der Waals surface area contributed by atoms with E-state index in [9.17, 15) is 0 Å². The summed E-state index contributed by atoms with van der Waals surface area (Å²) in [6.07, 6.45) is 4.02. The van der Waals surface area contributed by atoms with Crippen molar-refractivity contribution in [3.8, 4) is 5.75 Å². The number of rotatable bonds is 4. The van der Waals surface area contributed by atoms with Gasteiger partial charge in [0.1, 0.15) is 5.75 Å². The number of nitrogens with zero attached hydrogens (tertiary/aromatic N) is 2. The van der Waals surface area contributed by atoms with Crippen LogP contribution < -0.4 is 10.5 Å². The fraction of sp³-hybridized carbons (Fsp3) is 0.400. The van der Waals surface area contributed by atoms with E-state index in [0.717, 1.165) is 0 Å². The van der Waals surface area contributed by atoms with Crippen molar-refractivity contribution in [1.29, 1.82) is 0 Å². The number of hydrogen-bond acceptors (Lipinski definition) is 4. The molecule has 1 heterocycles. The van der Waals surface area contributed by atoms with Gasteiger partial charge in [0.05, 0.1) is 6.61 Å². The van der Waals surface area contributed by atoms with Crippen molar-refractivity contribution in [3.05, 3.63) is 24.0 Å². The molecule has 1 aromatic rings. The van der Waals surface area contributed by atoms with Crippen LogP contribution in [0.15, 0.2) is 23.5 Å². The molecule has 1 saturated carbocycles. The van der Waals surface area contributed by atoms with E-state index < -0.39 is 0 Å². The third-order valence-electron chi connectivity index (χ3n) is 2.29. The Morgan fingerprint density at radius 2 is 2.47 bits per heavy atom. The lowest BCUT2D eigenvalue weighted by atomic mass is 10.3. The molecule has 0 saturated heterocycles. The molecule has 5 heteroatoms. The summed E-state index contributed by atoms with van der Waals surface area (Å²) in [5.41, 5.74) is 5.86. The standard InChI is InChI=1S/C10H13N3O2/c11-10(13-14)9-8(2-1-5-12-9)15-6-7-3-4-7/h1-2,5,7,14H,3-4,6H2,(H2,11,13). The van der Waals surface area contributed by atoms with E-state index >= 15 is 0 Å². The normalized spacial score (nSPS) is 16.4. The van der Waals surface area contributed by atoms with Gasteiger partial charge in [-0.3, -0.25) is 0 Å². The van der Waals surface area contributed by atoms with E-state index in [0.29, 0.717) is 24.0 Å². The van der Waals surface area contributed by atoms with Gasteiger partial charge in [-0.05, 0) is 30.9 Å². The largest absolute Gasteiger partial charge is 0.491 e. The predicted molar refractivity (Wildman–Crippen MR) is 55.0 cm³/mol. The Bertz CT molecular complexity index is 375. The molecular formula is C10H13N3O2. The SMILES string of the molecule is N/C(=N/O)c1ncccc1OCC1CC1. The topological polar surface area (TPSA) is 80.7 Å². The molecule has 0 aliphatic heterocycles. The summed E-state index contributed by atoms with van der Waals surface area (Å²) in [6, 6.07) is 3.53. The van der Waals surface area contributed by atoms with Gasteiger partial charge in [-0.15, -0.1) is 0 Å². The summed E-state index contributed by atoms with van der Waals surface area (Å²) >= 11 is 0. The fourth-order valence-corrected chi connectivity index (χ4v) is 1.24. The Morgan fingerprint density at radius 3 is 3.13 bits per heavy atom. The van der Waals surface area contributed by atoms with Gasteiger partial charge in [0.15, 0.2) is 11.5 Å². The van der Waals surface area contributed by atoms with Crippen molar-refractivity contribution in [2.24, 2.45) is 16.8 Å². The summed E-state index contributed by atoms with van der Waals surface area (Å²) in [5, 5.41) is 11.5. The first-order valence-corrected chi connectivity index (χ1v) is 4.87. The molecule has 80 valence electrons.